The molecular weight excluding hydrogens is 478 g/mol. The molecule has 0 spiro atoms. The molecule has 2 amide bonds. The number of aliphatic hydroxyl groups excluding tert-OH is 2. The van der Waals surface area contributed by atoms with Gasteiger partial charge in [0.2, 0.25) is 17.8 Å². The number of thiazole rings is 1. The number of hydrogen-bond acceptors (Lipinski definition) is 9. The van der Waals surface area contributed by atoms with Crippen molar-refractivity contribution < 1.29 is 29.3 Å². The number of anilines is 1. The summed E-state index contributed by atoms with van der Waals surface area (Å²) in [6, 6.07) is 10.4. The summed E-state index contributed by atoms with van der Waals surface area (Å²) in [7, 11) is 1.52. The molecule has 9 nitrogen and oxygen atoms in total. The quantitative estimate of drug-likeness (QED) is 0.462. The monoisotopic (exact) mass is 501 g/mol. The van der Waals surface area contributed by atoms with Crippen LogP contribution in [0.5, 0.6) is 5.75 Å². The number of aliphatic hydroxyl groups is 2. The Morgan fingerprint density at radius 2 is 2.00 bits per heavy atom. The number of ether oxygens (including phenoxy) is 1. The summed E-state index contributed by atoms with van der Waals surface area (Å²) >= 11 is 2.47. The fourth-order valence-electron chi connectivity index (χ4n) is 3.50. The molecule has 4 rings (SSSR count). The topological polar surface area (TPSA) is 120 Å². The van der Waals surface area contributed by atoms with Crippen LogP contribution in [-0.2, 0) is 4.79 Å². The second-order valence-corrected chi connectivity index (χ2v) is 9.49. The molecule has 1 aromatic carbocycles. The molecule has 0 bridgehead atoms. The van der Waals surface area contributed by atoms with Crippen LogP contribution < -0.4 is 9.64 Å². The van der Waals surface area contributed by atoms with E-state index in [-0.39, 0.29) is 37.1 Å². The van der Waals surface area contributed by atoms with Crippen molar-refractivity contribution >= 4 is 45.4 Å². The summed E-state index contributed by atoms with van der Waals surface area (Å²) < 4.78 is 5.80. The molecule has 0 radical (unpaired) electrons. The van der Waals surface area contributed by atoms with E-state index in [0.717, 1.165) is 0 Å². The van der Waals surface area contributed by atoms with Crippen molar-refractivity contribution in [1.29, 1.82) is 0 Å². The van der Waals surface area contributed by atoms with E-state index >= 15 is 0 Å². The Labute approximate surface area is 203 Å². The Hall–Kier alpha value is -3.12. The summed E-state index contributed by atoms with van der Waals surface area (Å²) in [4.78, 5) is 46.3. The third-order valence-electron chi connectivity index (χ3n) is 5.29. The molecule has 0 saturated heterocycles. The maximum atomic E-state index is 13.2. The van der Waals surface area contributed by atoms with Gasteiger partial charge in [-0.1, -0.05) is 18.2 Å². The van der Waals surface area contributed by atoms with Gasteiger partial charge in [-0.2, -0.15) is 0 Å². The van der Waals surface area contributed by atoms with E-state index in [1.165, 1.54) is 39.5 Å². The van der Waals surface area contributed by atoms with Crippen molar-refractivity contribution in [2.24, 2.45) is 0 Å². The van der Waals surface area contributed by atoms with Gasteiger partial charge < -0.3 is 19.8 Å². The molecule has 34 heavy (non-hydrogen) atoms. The van der Waals surface area contributed by atoms with E-state index in [1.807, 2.05) is 0 Å². The van der Waals surface area contributed by atoms with Gasteiger partial charge in [0.15, 0.2) is 5.13 Å². The summed E-state index contributed by atoms with van der Waals surface area (Å²) in [5, 5.41) is 22.4. The van der Waals surface area contributed by atoms with E-state index in [1.54, 1.807) is 47.2 Å². The van der Waals surface area contributed by atoms with Gasteiger partial charge in [0, 0.05) is 31.9 Å². The van der Waals surface area contributed by atoms with Crippen LogP contribution in [0.4, 0.5) is 5.13 Å². The zero-order valence-corrected chi connectivity index (χ0v) is 19.9. The fraction of sp³-hybridized carbons (Fsp3) is 0.304. The number of ketones is 1. The van der Waals surface area contributed by atoms with Gasteiger partial charge in [-0.05, 0) is 23.6 Å². The number of para-hydroxylation sites is 1. The number of nitrogens with zero attached hydrogens (tertiary/aromatic N) is 3. The van der Waals surface area contributed by atoms with Crippen LogP contribution in [0.3, 0.4) is 0 Å². The van der Waals surface area contributed by atoms with Crippen LogP contribution in [0.2, 0.25) is 0 Å². The molecule has 3 heterocycles. The molecule has 2 atom stereocenters. The second-order valence-electron chi connectivity index (χ2n) is 7.71. The predicted molar refractivity (Wildman–Crippen MR) is 128 cm³/mol. The van der Waals surface area contributed by atoms with Crippen molar-refractivity contribution in [3.05, 3.63) is 63.3 Å². The van der Waals surface area contributed by atoms with Crippen LogP contribution in [0.1, 0.15) is 38.2 Å². The molecule has 0 fully saturated rings. The van der Waals surface area contributed by atoms with Gasteiger partial charge in [-0.25, -0.2) is 4.98 Å². The molecule has 3 aromatic rings. The molecule has 0 aliphatic carbocycles. The third-order valence-corrected chi connectivity index (χ3v) is 7.03. The Kier molecular flexibility index (Phi) is 7.37. The number of amides is 2. The highest BCUT2D eigenvalue weighted by molar-refractivity contribution is 7.14. The second kappa shape index (κ2) is 10.4. The van der Waals surface area contributed by atoms with E-state index in [4.69, 9.17) is 9.84 Å². The number of Topliss-reactive ketones (excluding diaryl/α,β-unsaturated/α-hetero) is 1. The largest absolute Gasteiger partial charge is 0.475 e. The van der Waals surface area contributed by atoms with E-state index in [2.05, 4.69) is 4.98 Å². The molecule has 2 N–H and O–H groups in total. The lowest BCUT2D eigenvalue weighted by Crippen LogP contribution is -2.39. The minimum Gasteiger partial charge on any atom is -0.475 e. The highest BCUT2D eigenvalue weighted by atomic mass is 32.1. The van der Waals surface area contributed by atoms with Gasteiger partial charge >= 0.3 is 0 Å². The SMILES string of the molecule is CN(CC(O)CO)C(=O)CCN(C(=O)c1cccs1)c1nc(C2Oc3ccccc3C2=O)cs1. The summed E-state index contributed by atoms with van der Waals surface area (Å²) in [6.07, 6.45) is -1.92. The highest BCUT2D eigenvalue weighted by Crippen LogP contribution is 2.38. The number of aromatic nitrogens is 1. The van der Waals surface area contributed by atoms with Crippen molar-refractivity contribution in [3.8, 4) is 5.75 Å². The van der Waals surface area contributed by atoms with Crippen LogP contribution in [-0.4, -0.2) is 70.5 Å². The smallest absolute Gasteiger partial charge is 0.270 e. The van der Waals surface area contributed by atoms with Crippen molar-refractivity contribution in [2.75, 3.05) is 31.6 Å². The molecule has 11 heteroatoms. The first-order chi connectivity index (χ1) is 16.4. The predicted octanol–water partition coefficient (Wildman–Crippen LogP) is 2.37. The Balaban J connectivity index is 1.52. The highest BCUT2D eigenvalue weighted by Gasteiger charge is 2.36. The van der Waals surface area contributed by atoms with Gasteiger partial charge in [0.05, 0.1) is 23.2 Å². The van der Waals surface area contributed by atoms with Crippen LogP contribution >= 0.6 is 22.7 Å². The molecule has 2 unspecified atom stereocenters. The molecule has 0 saturated carbocycles. The van der Waals surface area contributed by atoms with Gasteiger partial charge in [0.1, 0.15) is 11.4 Å². The number of carbonyl (C=O) groups excluding carboxylic acids is 3. The van der Waals surface area contributed by atoms with E-state index in [9.17, 15) is 19.5 Å². The van der Waals surface area contributed by atoms with Crippen LogP contribution in [0, 0.1) is 0 Å². The molecule has 1 aliphatic rings. The average molecular weight is 502 g/mol. The van der Waals surface area contributed by atoms with Crippen molar-refractivity contribution in [3.63, 3.8) is 0 Å². The molecular formula is C23H23N3O6S2. The fourth-order valence-corrected chi connectivity index (χ4v) is 5.04. The van der Waals surface area contributed by atoms with Crippen molar-refractivity contribution in [1.82, 2.24) is 9.88 Å². The number of thiophene rings is 1. The summed E-state index contributed by atoms with van der Waals surface area (Å²) in [5.74, 6) is -0.290. The molecule has 178 valence electrons. The van der Waals surface area contributed by atoms with Crippen LogP contribution in [0.15, 0.2) is 47.2 Å². The zero-order valence-electron chi connectivity index (χ0n) is 18.3. The summed E-state index contributed by atoms with van der Waals surface area (Å²) in [5.41, 5.74) is 0.895. The zero-order chi connectivity index (χ0) is 24.2. The summed E-state index contributed by atoms with van der Waals surface area (Å²) in [6.45, 7) is -0.409. The maximum absolute atomic E-state index is 13.2. The van der Waals surface area contributed by atoms with E-state index in [0.29, 0.717) is 27.0 Å². The lowest BCUT2D eigenvalue weighted by Gasteiger charge is -2.23. The first-order valence-corrected chi connectivity index (χ1v) is 12.3. The Morgan fingerprint density at radius 1 is 1.21 bits per heavy atom. The lowest BCUT2D eigenvalue weighted by atomic mass is 10.1. The standard InChI is InChI=1S/C23H23N3O6S2/c1-25(11-14(28)12-27)19(29)8-9-26(22(31)18-7-4-10-33-18)23-24-16(13-34-23)21-20(30)15-5-2-3-6-17(15)32-21/h2-7,10,13-14,21,27-28H,8-9,11-12H2,1H3. The number of likely N-dealkylation sites (N-methyl/N-ethyl adjacent to an activating group) is 1. The average Bonchev–Trinajstić information content (AvgIpc) is 3.60. The number of rotatable bonds is 9. The molecule has 1 aliphatic heterocycles. The number of hydrogen-bond donors (Lipinski definition) is 2. The van der Waals surface area contributed by atoms with Crippen LogP contribution in [0.25, 0.3) is 0 Å². The third kappa shape index (κ3) is 5.02. The lowest BCUT2D eigenvalue weighted by molar-refractivity contribution is -0.131. The van der Waals surface area contributed by atoms with E-state index < -0.39 is 18.8 Å². The minimum atomic E-state index is -1.03. The Bertz CT molecular complexity index is 1180. The Morgan fingerprint density at radius 3 is 2.71 bits per heavy atom. The maximum Gasteiger partial charge on any atom is 0.270 e. The van der Waals surface area contributed by atoms with Gasteiger partial charge in [-0.3, -0.25) is 19.3 Å². The van der Waals surface area contributed by atoms with Gasteiger partial charge in [0.25, 0.3) is 5.91 Å². The number of benzene rings is 1. The first kappa shape index (κ1) is 24.0. The molecule has 2 aromatic heterocycles. The van der Waals surface area contributed by atoms with Crippen molar-refractivity contribution in [2.45, 2.75) is 18.6 Å². The number of carbonyl (C=O) groups is 3. The minimum absolute atomic E-state index is 0.00895. The normalized spacial score (nSPS) is 15.5. The number of fused-ring (bicyclic) bond motifs is 1. The first-order valence-electron chi connectivity index (χ1n) is 10.5. The van der Waals surface area contributed by atoms with Gasteiger partial charge in [-0.15, -0.1) is 22.7 Å².